The Morgan fingerprint density at radius 2 is 2.04 bits per heavy atom. The molecule has 1 aromatic heterocycles. The molecule has 1 atom stereocenters. The summed E-state index contributed by atoms with van der Waals surface area (Å²) in [5, 5.41) is 8.68. The SMILES string of the molecule is COc1ccc(-c2csc(CNC(=O)C3CC34CCNCC4)c2)cc1. The van der Waals surface area contributed by atoms with Gasteiger partial charge in [-0.1, -0.05) is 12.1 Å². The topological polar surface area (TPSA) is 50.4 Å². The third kappa shape index (κ3) is 3.44. The predicted molar refractivity (Wildman–Crippen MR) is 101 cm³/mol. The molecule has 4 nitrogen and oxygen atoms in total. The maximum atomic E-state index is 12.5. The minimum absolute atomic E-state index is 0.232. The normalized spacial score (nSPS) is 21.1. The molecule has 2 aliphatic rings. The third-order valence-electron chi connectivity index (χ3n) is 5.62. The smallest absolute Gasteiger partial charge is 0.223 e. The predicted octanol–water partition coefficient (Wildman–Crippen LogP) is 3.43. The Hall–Kier alpha value is -1.85. The number of rotatable bonds is 5. The van der Waals surface area contributed by atoms with Gasteiger partial charge in [0, 0.05) is 10.8 Å². The zero-order valence-corrected chi connectivity index (χ0v) is 15.3. The molecule has 0 bridgehead atoms. The Kier molecular flexibility index (Phi) is 4.52. The number of amides is 1. The van der Waals surface area contributed by atoms with Crippen LogP contribution in [0.5, 0.6) is 5.75 Å². The van der Waals surface area contributed by atoms with Crippen molar-refractivity contribution in [1.82, 2.24) is 10.6 Å². The molecule has 1 aromatic carbocycles. The number of hydrogen-bond acceptors (Lipinski definition) is 4. The van der Waals surface area contributed by atoms with Gasteiger partial charge in [-0.2, -0.15) is 0 Å². The van der Waals surface area contributed by atoms with Gasteiger partial charge in [0.2, 0.25) is 5.91 Å². The highest BCUT2D eigenvalue weighted by Gasteiger charge is 2.57. The highest BCUT2D eigenvalue weighted by molar-refractivity contribution is 7.10. The second kappa shape index (κ2) is 6.81. The van der Waals surface area contributed by atoms with Gasteiger partial charge in [-0.25, -0.2) is 0 Å². The van der Waals surface area contributed by atoms with Gasteiger partial charge < -0.3 is 15.4 Å². The summed E-state index contributed by atoms with van der Waals surface area (Å²) >= 11 is 1.70. The van der Waals surface area contributed by atoms with E-state index in [4.69, 9.17) is 4.74 Å². The first-order valence-electron chi connectivity index (χ1n) is 8.90. The molecule has 0 radical (unpaired) electrons. The van der Waals surface area contributed by atoms with E-state index < -0.39 is 0 Å². The fourth-order valence-corrected chi connectivity index (χ4v) is 4.73. The lowest BCUT2D eigenvalue weighted by Gasteiger charge is -2.23. The van der Waals surface area contributed by atoms with Gasteiger partial charge in [0.1, 0.15) is 5.75 Å². The number of benzene rings is 1. The van der Waals surface area contributed by atoms with Crippen LogP contribution in [0, 0.1) is 11.3 Å². The van der Waals surface area contributed by atoms with Crippen molar-refractivity contribution in [2.24, 2.45) is 11.3 Å². The van der Waals surface area contributed by atoms with Crippen molar-refractivity contribution in [3.63, 3.8) is 0 Å². The maximum Gasteiger partial charge on any atom is 0.223 e. The van der Waals surface area contributed by atoms with E-state index in [1.807, 2.05) is 12.1 Å². The highest BCUT2D eigenvalue weighted by Crippen LogP contribution is 2.58. The van der Waals surface area contributed by atoms with Gasteiger partial charge >= 0.3 is 0 Å². The van der Waals surface area contributed by atoms with Gasteiger partial charge in [0.05, 0.1) is 13.7 Å². The summed E-state index contributed by atoms with van der Waals surface area (Å²) in [4.78, 5) is 13.7. The molecule has 1 unspecified atom stereocenters. The zero-order valence-electron chi connectivity index (χ0n) is 14.5. The average molecular weight is 356 g/mol. The fraction of sp³-hybridized carbons (Fsp3) is 0.450. The molecule has 1 amide bonds. The fourth-order valence-electron chi connectivity index (χ4n) is 3.90. The summed E-state index contributed by atoms with van der Waals surface area (Å²) in [6, 6.07) is 10.2. The highest BCUT2D eigenvalue weighted by atomic mass is 32.1. The molecule has 2 heterocycles. The molecule has 5 heteroatoms. The number of thiophene rings is 1. The second-order valence-electron chi connectivity index (χ2n) is 7.12. The lowest BCUT2D eigenvalue weighted by atomic mass is 9.92. The van der Waals surface area contributed by atoms with Crippen LogP contribution in [0.15, 0.2) is 35.7 Å². The largest absolute Gasteiger partial charge is 0.497 e. The third-order valence-corrected chi connectivity index (χ3v) is 6.56. The van der Waals surface area contributed by atoms with Gasteiger partial charge in [-0.05, 0) is 72.5 Å². The minimum atomic E-state index is 0.232. The Morgan fingerprint density at radius 3 is 2.76 bits per heavy atom. The van der Waals surface area contributed by atoms with Gasteiger partial charge in [0.25, 0.3) is 0 Å². The summed E-state index contributed by atoms with van der Waals surface area (Å²) in [5.41, 5.74) is 2.67. The molecule has 1 aliphatic heterocycles. The molecule has 1 spiro atoms. The van der Waals surface area contributed by atoms with E-state index in [1.54, 1.807) is 18.4 Å². The van der Waals surface area contributed by atoms with Crippen molar-refractivity contribution in [3.8, 4) is 16.9 Å². The Bertz CT molecular complexity index is 747. The summed E-state index contributed by atoms with van der Waals surface area (Å²) in [5.74, 6) is 1.33. The average Bonchev–Trinajstić information content (AvgIpc) is 3.14. The molecular weight excluding hydrogens is 332 g/mol. The van der Waals surface area contributed by atoms with E-state index in [2.05, 4.69) is 34.2 Å². The van der Waals surface area contributed by atoms with Crippen LogP contribution in [-0.4, -0.2) is 26.1 Å². The van der Waals surface area contributed by atoms with Gasteiger partial charge in [-0.3, -0.25) is 4.79 Å². The Labute approximate surface area is 152 Å². The molecule has 2 aromatic rings. The van der Waals surface area contributed by atoms with E-state index in [0.29, 0.717) is 12.0 Å². The van der Waals surface area contributed by atoms with Gasteiger partial charge in [-0.15, -0.1) is 11.3 Å². The molecule has 2 fully saturated rings. The molecule has 4 rings (SSSR count). The van der Waals surface area contributed by atoms with E-state index in [1.165, 1.54) is 16.0 Å². The van der Waals surface area contributed by atoms with E-state index >= 15 is 0 Å². The van der Waals surface area contributed by atoms with Crippen LogP contribution in [0.4, 0.5) is 0 Å². The number of ether oxygens (including phenoxy) is 1. The van der Waals surface area contributed by atoms with Crippen molar-refractivity contribution in [2.75, 3.05) is 20.2 Å². The van der Waals surface area contributed by atoms with E-state index in [-0.39, 0.29) is 11.8 Å². The van der Waals surface area contributed by atoms with Crippen molar-refractivity contribution >= 4 is 17.2 Å². The van der Waals surface area contributed by atoms with Crippen molar-refractivity contribution < 1.29 is 9.53 Å². The molecule has 1 aliphatic carbocycles. The quantitative estimate of drug-likeness (QED) is 0.863. The number of nitrogens with one attached hydrogen (secondary N) is 2. The molecule has 1 saturated heterocycles. The van der Waals surface area contributed by atoms with Crippen LogP contribution in [0.2, 0.25) is 0 Å². The molecule has 1 saturated carbocycles. The summed E-state index contributed by atoms with van der Waals surface area (Å²) in [6.07, 6.45) is 3.36. The second-order valence-corrected chi connectivity index (χ2v) is 8.11. The summed E-state index contributed by atoms with van der Waals surface area (Å²) in [6.45, 7) is 2.74. The van der Waals surface area contributed by atoms with Gasteiger partial charge in [0.15, 0.2) is 0 Å². The Morgan fingerprint density at radius 1 is 1.28 bits per heavy atom. The van der Waals surface area contributed by atoms with E-state index in [0.717, 1.165) is 38.1 Å². The van der Waals surface area contributed by atoms with Crippen molar-refractivity contribution in [1.29, 1.82) is 0 Å². The van der Waals surface area contributed by atoms with Crippen LogP contribution in [0.25, 0.3) is 11.1 Å². The zero-order chi connectivity index (χ0) is 17.3. The van der Waals surface area contributed by atoms with Crippen LogP contribution in [-0.2, 0) is 11.3 Å². The number of carbonyl (C=O) groups excluding carboxylic acids is 1. The van der Waals surface area contributed by atoms with Crippen molar-refractivity contribution in [3.05, 3.63) is 40.6 Å². The van der Waals surface area contributed by atoms with E-state index in [9.17, 15) is 4.79 Å². The maximum absolute atomic E-state index is 12.5. The standard InChI is InChI=1S/C20H24N2O2S/c1-24-16-4-2-14(3-5-16)15-10-17(25-13-15)12-22-19(23)18-11-20(18)6-8-21-9-7-20/h2-5,10,13,18,21H,6-9,11-12H2,1H3,(H,22,23). The summed E-state index contributed by atoms with van der Waals surface area (Å²) < 4.78 is 5.20. The van der Waals surface area contributed by atoms with Crippen LogP contribution >= 0.6 is 11.3 Å². The van der Waals surface area contributed by atoms with Crippen molar-refractivity contribution in [2.45, 2.75) is 25.8 Å². The number of carbonyl (C=O) groups is 1. The first-order valence-corrected chi connectivity index (χ1v) is 9.78. The lowest BCUT2D eigenvalue weighted by molar-refractivity contribution is -0.123. The molecular formula is C20H24N2O2S. The minimum Gasteiger partial charge on any atom is -0.497 e. The first-order chi connectivity index (χ1) is 12.2. The first kappa shape index (κ1) is 16.6. The Balaban J connectivity index is 1.33. The number of hydrogen-bond donors (Lipinski definition) is 2. The van der Waals surface area contributed by atoms with Crippen LogP contribution < -0.4 is 15.4 Å². The number of methoxy groups -OCH3 is 1. The number of piperidine rings is 1. The molecule has 132 valence electrons. The van der Waals surface area contributed by atoms with Crippen LogP contribution in [0.3, 0.4) is 0 Å². The molecule has 2 N–H and O–H groups in total. The van der Waals surface area contributed by atoms with Crippen LogP contribution in [0.1, 0.15) is 24.1 Å². The molecule has 25 heavy (non-hydrogen) atoms. The summed E-state index contributed by atoms with van der Waals surface area (Å²) in [7, 11) is 1.67. The monoisotopic (exact) mass is 356 g/mol. The lowest BCUT2D eigenvalue weighted by Crippen LogP contribution is -2.33.